The predicted octanol–water partition coefficient (Wildman–Crippen LogP) is 1.03. The quantitative estimate of drug-likeness (QED) is 0.642. The SMILES string of the molecule is N[C@@H]1CCCN(CCc2ccc(-n3ccc(NC(=O)N4CCNCC4)nc3=O)cc2)CC1. The van der Waals surface area contributed by atoms with Crippen molar-refractivity contribution < 1.29 is 4.79 Å². The van der Waals surface area contributed by atoms with Gasteiger partial charge in [0.25, 0.3) is 0 Å². The van der Waals surface area contributed by atoms with Gasteiger partial charge in [-0.1, -0.05) is 12.1 Å². The molecule has 32 heavy (non-hydrogen) atoms. The lowest BCUT2D eigenvalue weighted by Gasteiger charge is -2.27. The van der Waals surface area contributed by atoms with Crippen molar-refractivity contribution in [3.63, 3.8) is 0 Å². The molecule has 9 nitrogen and oxygen atoms in total. The van der Waals surface area contributed by atoms with Crippen LogP contribution < -0.4 is 22.1 Å². The van der Waals surface area contributed by atoms with Crippen LogP contribution >= 0.6 is 0 Å². The minimum absolute atomic E-state index is 0.230. The molecule has 172 valence electrons. The number of urea groups is 1. The van der Waals surface area contributed by atoms with Crippen LogP contribution in [0.2, 0.25) is 0 Å². The summed E-state index contributed by atoms with van der Waals surface area (Å²) < 4.78 is 1.49. The Hall–Kier alpha value is -2.75. The number of piperazine rings is 1. The molecule has 1 aromatic heterocycles. The summed E-state index contributed by atoms with van der Waals surface area (Å²) in [7, 11) is 0. The third-order valence-corrected chi connectivity index (χ3v) is 6.24. The fraction of sp³-hybridized carbons (Fsp3) is 0.522. The molecule has 0 unspecified atom stereocenters. The zero-order valence-electron chi connectivity index (χ0n) is 18.5. The van der Waals surface area contributed by atoms with E-state index in [1.54, 1.807) is 17.2 Å². The van der Waals surface area contributed by atoms with Crippen molar-refractivity contribution in [3.8, 4) is 5.69 Å². The molecule has 0 aliphatic carbocycles. The van der Waals surface area contributed by atoms with Crippen molar-refractivity contribution >= 4 is 11.8 Å². The maximum absolute atomic E-state index is 12.5. The molecule has 2 aromatic rings. The van der Waals surface area contributed by atoms with E-state index < -0.39 is 5.69 Å². The second kappa shape index (κ2) is 10.7. The van der Waals surface area contributed by atoms with Crippen LogP contribution in [0.4, 0.5) is 10.6 Å². The van der Waals surface area contributed by atoms with Gasteiger partial charge in [0.15, 0.2) is 0 Å². The number of carbonyl (C=O) groups excluding carboxylic acids is 1. The summed E-state index contributed by atoms with van der Waals surface area (Å²) in [5, 5.41) is 5.92. The molecule has 9 heteroatoms. The number of nitrogens with one attached hydrogen (secondary N) is 2. The minimum Gasteiger partial charge on any atom is -0.328 e. The number of nitrogens with zero attached hydrogens (tertiary/aromatic N) is 4. The van der Waals surface area contributed by atoms with E-state index in [-0.39, 0.29) is 11.8 Å². The van der Waals surface area contributed by atoms with Gasteiger partial charge in [-0.2, -0.15) is 4.98 Å². The van der Waals surface area contributed by atoms with Crippen molar-refractivity contribution in [2.75, 3.05) is 51.1 Å². The second-order valence-corrected chi connectivity index (χ2v) is 8.58. The zero-order chi connectivity index (χ0) is 22.3. The lowest BCUT2D eigenvalue weighted by molar-refractivity contribution is 0.204. The van der Waals surface area contributed by atoms with E-state index in [1.165, 1.54) is 16.6 Å². The molecule has 1 aromatic carbocycles. The van der Waals surface area contributed by atoms with E-state index in [0.717, 1.165) is 57.7 Å². The summed E-state index contributed by atoms with van der Waals surface area (Å²) in [4.78, 5) is 33.1. The van der Waals surface area contributed by atoms with Crippen molar-refractivity contribution in [2.45, 2.75) is 31.7 Å². The summed E-state index contributed by atoms with van der Waals surface area (Å²) >= 11 is 0. The molecule has 4 rings (SSSR count). The Bertz CT molecular complexity index is 954. The monoisotopic (exact) mass is 439 g/mol. The molecular weight excluding hydrogens is 406 g/mol. The van der Waals surface area contributed by atoms with Crippen LogP contribution in [0, 0.1) is 0 Å². The molecule has 0 bridgehead atoms. The van der Waals surface area contributed by atoms with Crippen molar-refractivity contribution in [1.29, 1.82) is 0 Å². The smallest absolute Gasteiger partial charge is 0.328 e. The number of amides is 2. The van der Waals surface area contributed by atoms with Crippen molar-refractivity contribution in [2.24, 2.45) is 5.73 Å². The Morgan fingerprint density at radius 2 is 1.88 bits per heavy atom. The van der Waals surface area contributed by atoms with Gasteiger partial charge in [0, 0.05) is 45.0 Å². The third kappa shape index (κ3) is 5.93. The Kier molecular flexibility index (Phi) is 7.51. The van der Waals surface area contributed by atoms with E-state index in [2.05, 4.69) is 32.7 Å². The standard InChI is InChI=1S/C23H33N7O2/c24-19-2-1-12-28(14-8-19)13-7-18-3-5-20(6-4-18)30-15-9-21(27-23(30)32)26-22(31)29-16-10-25-11-17-29/h3-6,9,15,19,25H,1-2,7-8,10-14,16-17,24H2,(H,26,27,31,32)/t19-/m1/s1. The number of nitrogens with two attached hydrogens (primary N) is 1. The van der Waals surface area contributed by atoms with Crippen LogP contribution in [-0.4, -0.2) is 77.2 Å². The molecule has 2 aliphatic heterocycles. The number of hydrogen-bond acceptors (Lipinski definition) is 6. The summed E-state index contributed by atoms with van der Waals surface area (Å²) in [6.07, 6.45) is 5.98. The number of hydrogen-bond donors (Lipinski definition) is 3. The Labute approximate surface area is 188 Å². The molecule has 2 aliphatic rings. The first-order chi connectivity index (χ1) is 15.6. The fourth-order valence-electron chi connectivity index (χ4n) is 4.24. The number of rotatable bonds is 5. The summed E-state index contributed by atoms with van der Waals surface area (Å²) in [5.74, 6) is 0.267. The fourth-order valence-corrected chi connectivity index (χ4v) is 4.24. The van der Waals surface area contributed by atoms with E-state index in [0.29, 0.717) is 19.1 Å². The number of aromatic nitrogens is 2. The lowest BCUT2D eigenvalue weighted by atomic mass is 10.1. The summed E-state index contributed by atoms with van der Waals surface area (Å²) in [6, 6.07) is 9.77. The lowest BCUT2D eigenvalue weighted by Crippen LogP contribution is -2.48. The van der Waals surface area contributed by atoms with E-state index in [4.69, 9.17) is 5.73 Å². The predicted molar refractivity (Wildman–Crippen MR) is 125 cm³/mol. The van der Waals surface area contributed by atoms with Gasteiger partial charge in [-0.05, 0) is 62.5 Å². The highest BCUT2D eigenvalue weighted by atomic mass is 16.2. The van der Waals surface area contributed by atoms with Crippen molar-refractivity contribution in [3.05, 3.63) is 52.6 Å². The first-order valence-corrected chi connectivity index (χ1v) is 11.5. The molecule has 3 heterocycles. The minimum atomic E-state index is -0.420. The maximum atomic E-state index is 12.5. The highest BCUT2D eigenvalue weighted by Crippen LogP contribution is 2.13. The molecule has 2 saturated heterocycles. The average molecular weight is 440 g/mol. The van der Waals surface area contributed by atoms with Crippen LogP contribution in [0.15, 0.2) is 41.3 Å². The van der Waals surface area contributed by atoms with Gasteiger partial charge in [-0.25, -0.2) is 9.59 Å². The normalized spacial score (nSPS) is 20.0. The summed E-state index contributed by atoms with van der Waals surface area (Å²) in [6.45, 7) is 6.02. The van der Waals surface area contributed by atoms with E-state index in [9.17, 15) is 9.59 Å². The van der Waals surface area contributed by atoms with Crippen LogP contribution in [0.5, 0.6) is 0 Å². The maximum Gasteiger partial charge on any atom is 0.354 e. The highest BCUT2D eigenvalue weighted by molar-refractivity contribution is 5.88. The Balaban J connectivity index is 1.34. The number of carbonyl (C=O) groups is 1. The molecule has 0 saturated carbocycles. The number of likely N-dealkylation sites (tertiary alicyclic amines) is 1. The highest BCUT2D eigenvalue weighted by Gasteiger charge is 2.17. The van der Waals surface area contributed by atoms with Gasteiger partial charge in [0.2, 0.25) is 0 Å². The van der Waals surface area contributed by atoms with Gasteiger partial charge in [0.05, 0.1) is 5.69 Å². The number of benzene rings is 1. The number of anilines is 1. The van der Waals surface area contributed by atoms with Gasteiger partial charge in [-0.3, -0.25) is 9.88 Å². The molecular formula is C23H33N7O2. The first kappa shape index (κ1) is 22.4. The van der Waals surface area contributed by atoms with Crippen LogP contribution in [0.25, 0.3) is 5.69 Å². The van der Waals surface area contributed by atoms with Crippen LogP contribution in [0.3, 0.4) is 0 Å². The second-order valence-electron chi connectivity index (χ2n) is 8.58. The van der Waals surface area contributed by atoms with Gasteiger partial charge in [-0.15, -0.1) is 0 Å². The first-order valence-electron chi connectivity index (χ1n) is 11.5. The average Bonchev–Trinajstić information content (AvgIpc) is 3.03. The van der Waals surface area contributed by atoms with Crippen molar-refractivity contribution in [1.82, 2.24) is 24.7 Å². The Morgan fingerprint density at radius 1 is 1.09 bits per heavy atom. The molecule has 0 spiro atoms. The van der Waals surface area contributed by atoms with Crippen LogP contribution in [-0.2, 0) is 6.42 Å². The molecule has 1 atom stereocenters. The zero-order valence-corrected chi connectivity index (χ0v) is 18.5. The molecule has 0 radical (unpaired) electrons. The van der Waals surface area contributed by atoms with E-state index in [1.807, 2.05) is 12.1 Å². The van der Waals surface area contributed by atoms with Crippen LogP contribution in [0.1, 0.15) is 24.8 Å². The summed E-state index contributed by atoms with van der Waals surface area (Å²) in [5.41, 5.74) is 7.65. The largest absolute Gasteiger partial charge is 0.354 e. The van der Waals surface area contributed by atoms with E-state index >= 15 is 0 Å². The molecule has 2 fully saturated rings. The molecule has 4 N–H and O–H groups in total. The van der Waals surface area contributed by atoms with Gasteiger partial charge < -0.3 is 20.9 Å². The Morgan fingerprint density at radius 3 is 2.62 bits per heavy atom. The molecule has 2 amide bonds. The topological polar surface area (TPSA) is 109 Å². The third-order valence-electron chi connectivity index (χ3n) is 6.24. The van der Waals surface area contributed by atoms with Gasteiger partial charge in [0.1, 0.15) is 5.82 Å². The van der Waals surface area contributed by atoms with Gasteiger partial charge >= 0.3 is 11.7 Å².